The minimum atomic E-state index is -0.544. The summed E-state index contributed by atoms with van der Waals surface area (Å²) >= 11 is 0. The Labute approximate surface area is 103 Å². The summed E-state index contributed by atoms with van der Waals surface area (Å²) in [6.45, 7) is 17.7. The number of hydrogen-bond acceptors (Lipinski definition) is 1. The summed E-state index contributed by atoms with van der Waals surface area (Å²) in [6, 6.07) is 0. The fourth-order valence-corrected chi connectivity index (χ4v) is 2.46. The van der Waals surface area contributed by atoms with Crippen molar-refractivity contribution in [1.29, 1.82) is 0 Å². The molecule has 0 saturated heterocycles. The van der Waals surface area contributed by atoms with Crippen molar-refractivity contribution in [3.63, 3.8) is 0 Å². The Hall–Kier alpha value is -0.0400. The van der Waals surface area contributed by atoms with Gasteiger partial charge >= 0.3 is 0 Å². The zero-order valence-corrected chi connectivity index (χ0v) is 12.5. The molecule has 0 amide bonds. The van der Waals surface area contributed by atoms with Gasteiger partial charge in [0, 0.05) is 0 Å². The molecule has 0 rings (SSSR count). The van der Waals surface area contributed by atoms with Crippen molar-refractivity contribution >= 4 is 0 Å². The van der Waals surface area contributed by atoms with Crippen molar-refractivity contribution < 1.29 is 5.11 Å². The lowest BCUT2D eigenvalue weighted by Crippen LogP contribution is -2.44. The zero-order chi connectivity index (χ0) is 13.1. The van der Waals surface area contributed by atoms with Crippen molar-refractivity contribution in [3.05, 3.63) is 0 Å². The Morgan fingerprint density at radius 1 is 0.938 bits per heavy atom. The van der Waals surface area contributed by atoms with Crippen LogP contribution in [0.25, 0.3) is 0 Å². The van der Waals surface area contributed by atoms with E-state index >= 15 is 0 Å². The SMILES string of the molecule is CCC(C)C(C)(O)C(C)C(C)C(C)C(C)C. The first-order chi connectivity index (χ1) is 7.16. The van der Waals surface area contributed by atoms with Gasteiger partial charge in [-0.3, -0.25) is 0 Å². The van der Waals surface area contributed by atoms with E-state index in [1.165, 1.54) is 0 Å². The van der Waals surface area contributed by atoms with E-state index in [0.717, 1.165) is 6.42 Å². The maximum absolute atomic E-state index is 10.7. The van der Waals surface area contributed by atoms with Crippen molar-refractivity contribution in [2.75, 3.05) is 0 Å². The lowest BCUT2D eigenvalue weighted by Gasteiger charge is -2.41. The van der Waals surface area contributed by atoms with Crippen LogP contribution in [-0.2, 0) is 0 Å². The third kappa shape index (κ3) is 3.48. The molecule has 1 heteroatoms. The van der Waals surface area contributed by atoms with Crippen LogP contribution in [0.1, 0.15) is 61.8 Å². The van der Waals surface area contributed by atoms with Gasteiger partial charge in [-0.15, -0.1) is 0 Å². The molecule has 16 heavy (non-hydrogen) atoms. The Bertz CT molecular complexity index is 196. The van der Waals surface area contributed by atoms with Crippen LogP contribution in [0.5, 0.6) is 0 Å². The van der Waals surface area contributed by atoms with Crippen molar-refractivity contribution in [2.24, 2.45) is 29.6 Å². The second-order valence-corrected chi connectivity index (χ2v) is 6.29. The van der Waals surface area contributed by atoms with E-state index in [2.05, 4.69) is 48.5 Å². The average molecular weight is 228 g/mol. The molecule has 0 aromatic rings. The maximum atomic E-state index is 10.7. The van der Waals surface area contributed by atoms with Gasteiger partial charge in [0.25, 0.3) is 0 Å². The molecule has 98 valence electrons. The standard InChI is InChI=1S/C15H32O/c1-9-11(4)15(8,16)14(7)13(6)12(5)10(2)3/h10-14,16H,9H2,1-8H3. The molecule has 5 atom stereocenters. The van der Waals surface area contributed by atoms with Crippen LogP contribution in [0.15, 0.2) is 0 Å². The molecular weight excluding hydrogens is 196 g/mol. The molecular formula is C15H32O. The van der Waals surface area contributed by atoms with Gasteiger partial charge in [0.1, 0.15) is 0 Å². The first-order valence-corrected chi connectivity index (χ1v) is 6.88. The van der Waals surface area contributed by atoms with E-state index in [1.807, 2.05) is 6.92 Å². The quantitative estimate of drug-likeness (QED) is 0.716. The van der Waals surface area contributed by atoms with E-state index < -0.39 is 5.60 Å². The molecule has 0 aliphatic rings. The predicted molar refractivity (Wildman–Crippen MR) is 72.4 cm³/mol. The van der Waals surface area contributed by atoms with Crippen LogP contribution in [0.4, 0.5) is 0 Å². The molecule has 0 aliphatic carbocycles. The highest BCUT2D eigenvalue weighted by atomic mass is 16.3. The summed E-state index contributed by atoms with van der Waals surface area (Å²) in [5.74, 6) is 2.61. The summed E-state index contributed by atoms with van der Waals surface area (Å²) < 4.78 is 0. The molecule has 0 aromatic carbocycles. The van der Waals surface area contributed by atoms with Crippen LogP contribution in [-0.4, -0.2) is 10.7 Å². The fourth-order valence-electron chi connectivity index (χ4n) is 2.46. The molecule has 1 N–H and O–H groups in total. The zero-order valence-electron chi connectivity index (χ0n) is 12.5. The minimum Gasteiger partial charge on any atom is -0.390 e. The van der Waals surface area contributed by atoms with Crippen LogP contribution >= 0.6 is 0 Å². The maximum Gasteiger partial charge on any atom is 0.0673 e. The molecule has 0 fully saturated rings. The Kier molecular flexibility index (Phi) is 6.03. The van der Waals surface area contributed by atoms with Gasteiger partial charge in [-0.1, -0.05) is 54.9 Å². The van der Waals surface area contributed by atoms with E-state index in [9.17, 15) is 5.11 Å². The average Bonchev–Trinajstić information content (AvgIpc) is 2.24. The molecule has 0 heterocycles. The van der Waals surface area contributed by atoms with Gasteiger partial charge in [-0.2, -0.15) is 0 Å². The normalized spacial score (nSPS) is 23.6. The highest BCUT2D eigenvalue weighted by molar-refractivity contribution is 4.88. The Balaban J connectivity index is 4.71. The van der Waals surface area contributed by atoms with Crippen LogP contribution in [0, 0.1) is 29.6 Å². The molecule has 0 aliphatic heterocycles. The van der Waals surface area contributed by atoms with Crippen LogP contribution in [0.2, 0.25) is 0 Å². The minimum absolute atomic E-state index is 0.347. The molecule has 0 saturated carbocycles. The second-order valence-electron chi connectivity index (χ2n) is 6.29. The third-order valence-corrected chi connectivity index (χ3v) is 5.20. The van der Waals surface area contributed by atoms with Gasteiger partial charge in [-0.25, -0.2) is 0 Å². The van der Waals surface area contributed by atoms with E-state index in [0.29, 0.717) is 29.6 Å². The van der Waals surface area contributed by atoms with Gasteiger partial charge in [0.2, 0.25) is 0 Å². The summed E-state index contributed by atoms with van der Waals surface area (Å²) in [5, 5.41) is 10.7. The summed E-state index contributed by atoms with van der Waals surface area (Å²) in [7, 11) is 0. The summed E-state index contributed by atoms with van der Waals surface area (Å²) in [6.07, 6.45) is 1.04. The largest absolute Gasteiger partial charge is 0.390 e. The smallest absolute Gasteiger partial charge is 0.0673 e. The molecule has 5 unspecified atom stereocenters. The Morgan fingerprint density at radius 2 is 1.38 bits per heavy atom. The monoisotopic (exact) mass is 228 g/mol. The van der Waals surface area contributed by atoms with Crippen molar-refractivity contribution in [3.8, 4) is 0 Å². The predicted octanol–water partition coefficient (Wildman–Crippen LogP) is 4.35. The summed E-state index contributed by atoms with van der Waals surface area (Å²) in [4.78, 5) is 0. The molecule has 0 spiro atoms. The molecule has 0 bridgehead atoms. The molecule has 1 nitrogen and oxygen atoms in total. The van der Waals surface area contributed by atoms with Crippen molar-refractivity contribution in [1.82, 2.24) is 0 Å². The number of hydrogen-bond donors (Lipinski definition) is 1. The first-order valence-electron chi connectivity index (χ1n) is 6.88. The Morgan fingerprint density at radius 3 is 1.69 bits per heavy atom. The number of rotatable bonds is 6. The first kappa shape index (κ1) is 16.0. The van der Waals surface area contributed by atoms with Gasteiger partial charge in [0.15, 0.2) is 0 Å². The van der Waals surface area contributed by atoms with Gasteiger partial charge < -0.3 is 5.11 Å². The molecule has 0 radical (unpaired) electrons. The highest BCUT2D eigenvalue weighted by Crippen LogP contribution is 2.37. The van der Waals surface area contributed by atoms with E-state index in [4.69, 9.17) is 0 Å². The number of aliphatic hydroxyl groups is 1. The fraction of sp³-hybridized carbons (Fsp3) is 1.00. The highest BCUT2D eigenvalue weighted by Gasteiger charge is 2.38. The van der Waals surface area contributed by atoms with Gasteiger partial charge in [0.05, 0.1) is 5.60 Å². The lowest BCUT2D eigenvalue weighted by atomic mass is 9.68. The topological polar surface area (TPSA) is 20.2 Å². The molecule has 0 aromatic heterocycles. The second kappa shape index (κ2) is 6.05. The third-order valence-electron chi connectivity index (χ3n) is 5.20. The summed E-state index contributed by atoms with van der Waals surface area (Å²) in [5.41, 5.74) is -0.544. The van der Waals surface area contributed by atoms with E-state index in [1.54, 1.807) is 0 Å². The van der Waals surface area contributed by atoms with Crippen LogP contribution in [0.3, 0.4) is 0 Å². The van der Waals surface area contributed by atoms with Gasteiger partial charge in [-0.05, 0) is 36.5 Å². The lowest BCUT2D eigenvalue weighted by molar-refractivity contribution is -0.0710. The van der Waals surface area contributed by atoms with Crippen LogP contribution < -0.4 is 0 Å². The van der Waals surface area contributed by atoms with E-state index in [-0.39, 0.29) is 0 Å². The van der Waals surface area contributed by atoms with Crippen molar-refractivity contribution in [2.45, 2.75) is 67.4 Å².